The van der Waals surface area contributed by atoms with Gasteiger partial charge in [0.15, 0.2) is 0 Å². The van der Waals surface area contributed by atoms with Crippen LogP contribution in [0.15, 0.2) is 30.6 Å². The average molecular weight is 304 g/mol. The van der Waals surface area contributed by atoms with Crippen molar-refractivity contribution in [2.45, 2.75) is 26.5 Å². The summed E-state index contributed by atoms with van der Waals surface area (Å²) in [5.41, 5.74) is 0.353. The van der Waals surface area contributed by atoms with Crippen molar-refractivity contribution in [1.82, 2.24) is 14.8 Å². The van der Waals surface area contributed by atoms with Gasteiger partial charge in [0, 0.05) is 0 Å². The molecule has 0 unspecified atom stereocenters. The summed E-state index contributed by atoms with van der Waals surface area (Å²) in [6.45, 7) is 3.41. The molecule has 0 aliphatic heterocycles. The number of rotatable bonds is 6. The van der Waals surface area contributed by atoms with Crippen LogP contribution in [0, 0.1) is 0 Å². The fourth-order valence-electron chi connectivity index (χ4n) is 1.75. The highest BCUT2D eigenvalue weighted by Crippen LogP contribution is 2.20. The first-order valence-corrected chi connectivity index (χ1v) is 6.64. The van der Waals surface area contributed by atoms with Gasteiger partial charge in [-0.25, -0.2) is 9.67 Å². The number of carbonyl (C=O) groups is 2. The van der Waals surface area contributed by atoms with E-state index in [1.165, 1.54) is 6.33 Å². The number of carboxylic acid groups (broad SMARTS) is 1. The highest BCUT2D eigenvalue weighted by atomic mass is 16.5. The number of hydrogen-bond donors (Lipinski definition) is 2. The summed E-state index contributed by atoms with van der Waals surface area (Å²) >= 11 is 0. The van der Waals surface area contributed by atoms with Gasteiger partial charge in [-0.1, -0.05) is 12.1 Å². The number of benzene rings is 1. The van der Waals surface area contributed by atoms with Crippen LogP contribution < -0.4 is 10.1 Å². The normalized spacial score (nSPS) is 10.5. The van der Waals surface area contributed by atoms with E-state index in [-0.39, 0.29) is 18.6 Å². The van der Waals surface area contributed by atoms with E-state index in [4.69, 9.17) is 9.84 Å². The number of para-hydroxylation sites is 1. The van der Waals surface area contributed by atoms with Crippen LogP contribution in [0.5, 0.6) is 5.75 Å². The third-order valence-corrected chi connectivity index (χ3v) is 2.55. The standard InChI is InChI=1S/C14H16N4O4/c1-9(2)22-11-6-4-3-5-10(11)13(21)16-14-15-8-18(17-14)7-12(19)20/h3-6,8-9H,7H2,1-2H3,(H,19,20)(H,16,17,21). The topological polar surface area (TPSA) is 106 Å². The van der Waals surface area contributed by atoms with Crippen molar-refractivity contribution in [3.8, 4) is 5.75 Å². The number of anilines is 1. The Balaban J connectivity index is 2.12. The van der Waals surface area contributed by atoms with Crippen LogP contribution in [-0.2, 0) is 11.3 Å². The molecule has 0 radical (unpaired) electrons. The Morgan fingerprint density at radius 2 is 2.09 bits per heavy atom. The van der Waals surface area contributed by atoms with Crippen LogP contribution in [0.2, 0.25) is 0 Å². The molecule has 2 aromatic rings. The molecule has 8 nitrogen and oxygen atoms in total. The van der Waals surface area contributed by atoms with Gasteiger partial charge < -0.3 is 9.84 Å². The van der Waals surface area contributed by atoms with E-state index < -0.39 is 11.9 Å². The molecule has 0 spiro atoms. The molecule has 0 aliphatic rings. The largest absolute Gasteiger partial charge is 0.490 e. The highest BCUT2D eigenvalue weighted by Gasteiger charge is 2.15. The van der Waals surface area contributed by atoms with E-state index in [2.05, 4.69) is 15.4 Å². The highest BCUT2D eigenvalue weighted by molar-refractivity contribution is 6.05. The molecule has 1 amide bonds. The first-order valence-electron chi connectivity index (χ1n) is 6.64. The SMILES string of the molecule is CC(C)Oc1ccccc1C(=O)Nc1ncn(CC(=O)O)n1. The van der Waals surface area contributed by atoms with Gasteiger partial charge in [0.05, 0.1) is 11.7 Å². The van der Waals surface area contributed by atoms with Crippen molar-refractivity contribution in [2.24, 2.45) is 0 Å². The monoisotopic (exact) mass is 304 g/mol. The Kier molecular flexibility index (Phi) is 4.72. The van der Waals surface area contributed by atoms with E-state index >= 15 is 0 Å². The van der Waals surface area contributed by atoms with Crippen molar-refractivity contribution < 1.29 is 19.4 Å². The van der Waals surface area contributed by atoms with Gasteiger partial charge in [-0.3, -0.25) is 14.9 Å². The van der Waals surface area contributed by atoms with Crippen molar-refractivity contribution in [1.29, 1.82) is 0 Å². The molecule has 2 N–H and O–H groups in total. The van der Waals surface area contributed by atoms with Crippen LogP contribution in [0.3, 0.4) is 0 Å². The molecular weight excluding hydrogens is 288 g/mol. The quantitative estimate of drug-likeness (QED) is 0.835. The molecule has 0 aliphatic carbocycles. The Bertz CT molecular complexity index is 681. The molecule has 116 valence electrons. The maximum Gasteiger partial charge on any atom is 0.325 e. The summed E-state index contributed by atoms with van der Waals surface area (Å²) in [6.07, 6.45) is 1.17. The third-order valence-electron chi connectivity index (χ3n) is 2.55. The lowest BCUT2D eigenvalue weighted by atomic mass is 10.2. The van der Waals surface area contributed by atoms with Gasteiger partial charge in [-0.05, 0) is 26.0 Å². The molecule has 0 bridgehead atoms. The van der Waals surface area contributed by atoms with Gasteiger partial charge in [-0.15, -0.1) is 5.10 Å². The minimum Gasteiger partial charge on any atom is -0.490 e. The predicted octanol–water partition coefficient (Wildman–Crippen LogP) is 1.40. The fraction of sp³-hybridized carbons (Fsp3) is 0.286. The molecule has 8 heteroatoms. The number of carboxylic acids is 1. The van der Waals surface area contributed by atoms with Crippen LogP contribution in [0.1, 0.15) is 24.2 Å². The maximum absolute atomic E-state index is 12.3. The fourth-order valence-corrected chi connectivity index (χ4v) is 1.75. The molecule has 1 aromatic carbocycles. The van der Waals surface area contributed by atoms with Crippen molar-refractivity contribution in [3.05, 3.63) is 36.2 Å². The smallest absolute Gasteiger partial charge is 0.325 e. The second kappa shape index (κ2) is 6.70. The number of aliphatic carboxylic acids is 1. The minimum absolute atomic E-state index is 0.0330. The van der Waals surface area contributed by atoms with Gasteiger partial charge in [0.1, 0.15) is 18.6 Å². The lowest BCUT2D eigenvalue weighted by Crippen LogP contribution is -2.17. The summed E-state index contributed by atoms with van der Waals surface area (Å²) in [4.78, 5) is 26.7. The molecule has 0 fully saturated rings. The zero-order valence-corrected chi connectivity index (χ0v) is 12.2. The molecule has 0 saturated heterocycles. The lowest BCUT2D eigenvalue weighted by molar-refractivity contribution is -0.137. The van der Waals surface area contributed by atoms with Crippen LogP contribution in [0.25, 0.3) is 0 Å². The zero-order valence-electron chi connectivity index (χ0n) is 12.2. The number of aromatic nitrogens is 3. The molecular formula is C14H16N4O4. The summed E-state index contributed by atoms with van der Waals surface area (Å²) in [6, 6.07) is 6.82. The van der Waals surface area contributed by atoms with Crippen LogP contribution in [-0.4, -0.2) is 37.9 Å². The van der Waals surface area contributed by atoms with E-state index in [9.17, 15) is 9.59 Å². The van der Waals surface area contributed by atoms with Crippen LogP contribution in [0.4, 0.5) is 5.95 Å². The number of ether oxygens (including phenoxy) is 1. The molecule has 1 aromatic heterocycles. The summed E-state index contributed by atoms with van der Waals surface area (Å²) in [7, 11) is 0. The second-order valence-corrected chi connectivity index (χ2v) is 4.78. The lowest BCUT2D eigenvalue weighted by Gasteiger charge is -2.13. The molecule has 1 heterocycles. The van der Waals surface area contributed by atoms with Gasteiger partial charge >= 0.3 is 5.97 Å². The average Bonchev–Trinajstić information content (AvgIpc) is 2.84. The van der Waals surface area contributed by atoms with E-state index in [1.54, 1.807) is 24.3 Å². The number of hydrogen-bond acceptors (Lipinski definition) is 5. The second-order valence-electron chi connectivity index (χ2n) is 4.78. The summed E-state index contributed by atoms with van der Waals surface area (Å²) in [5, 5.41) is 15.0. The molecule has 0 saturated carbocycles. The van der Waals surface area contributed by atoms with Crippen molar-refractivity contribution in [3.63, 3.8) is 0 Å². The first kappa shape index (κ1) is 15.5. The molecule has 22 heavy (non-hydrogen) atoms. The maximum atomic E-state index is 12.3. The van der Waals surface area contributed by atoms with Gasteiger partial charge in [0.25, 0.3) is 5.91 Å². The number of amides is 1. The van der Waals surface area contributed by atoms with E-state index in [0.29, 0.717) is 11.3 Å². The van der Waals surface area contributed by atoms with E-state index in [0.717, 1.165) is 4.68 Å². The summed E-state index contributed by atoms with van der Waals surface area (Å²) in [5.74, 6) is -0.978. The number of nitrogens with one attached hydrogen (secondary N) is 1. The Morgan fingerprint density at radius 1 is 1.36 bits per heavy atom. The third kappa shape index (κ3) is 4.05. The number of carbonyl (C=O) groups excluding carboxylic acids is 1. The van der Waals surface area contributed by atoms with Crippen molar-refractivity contribution in [2.75, 3.05) is 5.32 Å². The summed E-state index contributed by atoms with van der Waals surface area (Å²) < 4.78 is 6.70. The molecule has 2 rings (SSSR count). The Labute approximate surface area is 126 Å². The zero-order chi connectivity index (χ0) is 16.1. The van der Waals surface area contributed by atoms with Crippen molar-refractivity contribution >= 4 is 17.8 Å². The van der Waals surface area contributed by atoms with Gasteiger partial charge in [-0.2, -0.15) is 0 Å². The Morgan fingerprint density at radius 3 is 2.77 bits per heavy atom. The Hall–Kier alpha value is -2.90. The van der Waals surface area contributed by atoms with Gasteiger partial charge in [0.2, 0.25) is 5.95 Å². The predicted molar refractivity (Wildman–Crippen MR) is 77.8 cm³/mol. The van der Waals surface area contributed by atoms with Crippen LogP contribution >= 0.6 is 0 Å². The first-order chi connectivity index (χ1) is 10.5. The number of nitrogens with zero attached hydrogens (tertiary/aromatic N) is 3. The molecule has 0 atom stereocenters. The van der Waals surface area contributed by atoms with E-state index in [1.807, 2.05) is 13.8 Å². The minimum atomic E-state index is -1.04.